The number of anilines is 1. The average Bonchev–Trinajstić information content (AvgIpc) is 3.26. The molecule has 1 aromatic carbocycles. The van der Waals surface area contributed by atoms with Gasteiger partial charge in [0.2, 0.25) is 5.91 Å². The van der Waals surface area contributed by atoms with E-state index in [-0.39, 0.29) is 30.6 Å². The van der Waals surface area contributed by atoms with Crippen LogP contribution in [-0.4, -0.2) is 25.5 Å². The lowest BCUT2D eigenvalue weighted by atomic mass is 10.2. The van der Waals surface area contributed by atoms with Gasteiger partial charge < -0.3 is 5.32 Å². The van der Waals surface area contributed by atoms with Gasteiger partial charge in [-0.2, -0.15) is 23.4 Å². The predicted octanol–water partition coefficient (Wildman–Crippen LogP) is 4.19. The van der Waals surface area contributed by atoms with E-state index in [1.165, 1.54) is 23.0 Å². The first-order valence-corrected chi connectivity index (χ1v) is 9.49. The molecule has 158 valence electrons. The Kier molecular flexibility index (Phi) is 5.31. The van der Waals surface area contributed by atoms with Crippen LogP contribution in [0.5, 0.6) is 0 Å². The second-order valence-electron chi connectivity index (χ2n) is 7.30. The summed E-state index contributed by atoms with van der Waals surface area (Å²) in [5.74, 6) is -0.616. The summed E-state index contributed by atoms with van der Waals surface area (Å²) < 4.78 is 54.9. The molecule has 0 aliphatic heterocycles. The summed E-state index contributed by atoms with van der Waals surface area (Å²) >= 11 is 0. The van der Waals surface area contributed by atoms with Crippen molar-refractivity contribution in [2.24, 2.45) is 0 Å². The highest BCUT2D eigenvalue weighted by Gasteiger charge is 2.37. The smallest absolute Gasteiger partial charge is 0.323 e. The fraction of sp³-hybridized carbons (Fsp3) is 0.350. The monoisotopic (exact) mass is 421 g/mol. The number of hydrogen-bond acceptors (Lipinski definition) is 3. The molecule has 0 spiro atoms. The van der Waals surface area contributed by atoms with E-state index < -0.39 is 11.9 Å². The standard InChI is InChI=1S/C20H19F4N5O/c21-15-3-1-2-13(8-15)11-28-12-16(10-25-28)26-19(30)6-7-29-17(14-4-5-14)9-18(27-29)20(22,23)24/h1-3,8-10,12,14H,4-7,11H2,(H,26,30). The van der Waals surface area contributed by atoms with Crippen LogP contribution in [-0.2, 0) is 24.1 Å². The van der Waals surface area contributed by atoms with Gasteiger partial charge in [-0.05, 0) is 36.6 Å². The van der Waals surface area contributed by atoms with E-state index in [4.69, 9.17) is 0 Å². The van der Waals surface area contributed by atoms with Crippen molar-refractivity contribution < 1.29 is 22.4 Å². The molecule has 0 saturated heterocycles. The number of nitrogens with zero attached hydrogens (tertiary/aromatic N) is 4. The van der Waals surface area contributed by atoms with Gasteiger partial charge in [0, 0.05) is 30.8 Å². The van der Waals surface area contributed by atoms with Gasteiger partial charge in [-0.3, -0.25) is 14.2 Å². The van der Waals surface area contributed by atoms with Gasteiger partial charge in [0.1, 0.15) is 5.82 Å². The van der Waals surface area contributed by atoms with Gasteiger partial charge in [0.05, 0.1) is 18.4 Å². The van der Waals surface area contributed by atoms with Gasteiger partial charge in [-0.25, -0.2) is 4.39 Å². The molecule has 1 aliphatic rings. The van der Waals surface area contributed by atoms with Crippen molar-refractivity contribution in [2.45, 2.75) is 44.4 Å². The molecule has 30 heavy (non-hydrogen) atoms. The number of halogens is 4. The molecule has 6 nitrogen and oxygen atoms in total. The first kappa shape index (κ1) is 20.1. The average molecular weight is 421 g/mol. The molecule has 1 aliphatic carbocycles. The summed E-state index contributed by atoms with van der Waals surface area (Å²) in [4.78, 5) is 12.2. The van der Waals surface area contributed by atoms with E-state index in [0.717, 1.165) is 24.5 Å². The number of alkyl halides is 3. The molecule has 4 rings (SSSR count). The number of carbonyl (C=O) groups excluding carboxylic acids is 1. The van der Waals surface area contributed by atoms with Crippen LogP contribution < -0.4 is 5.32 Å². The van der Waals surface area contributed by atoms with Crippen molar-refractivity contribution in [2.75, 3.05) is 5.32 Å². The Morgan fingerprint density at radius 3 is 2.73 bits per heavy atom. The van der Waals surface area contributed by atoms with Crippen LogP contribution in [0.3, 0.4) is 0 Å². The minimum Gasteiger partial charge on any atom is -0.323 e. The van der Waals surface area contributed by atoms with E-state index in [9.17, 15) is 22.4 Å². The van der Waals surface area contributed by atoms with Crippen molar-refractivity contribution in [3.05, 3.63) is 65.5 Å². The van der Waals surface area contributed by atoms with Crippen molar-refractivity contribution in [3.63, 3.8) is 0 Å². The van der Waals surface area contributed by atoms with Gasteiger partial charge >= 0.3 is 6.18 Å². The van der Waals surface area contributed by atoms with Crippen LogP contribution in [0.4, 0.5) is 23.2 Å². The highest BCUT2D eigenvalue weighted by molar-refractivity contribution is 5.90. The zero-order valence-corrected chi connectivity index (χ0v) is 15.9. The molecule has 10 heteroatoms. The maximum absolute atomic E-state index is 13.3. The Balaban J connectivity index is 1.34. The van der Waals surface area contributed by atoms with Gasteiger partial charge in [0.15, 0.2) is 5.69 Å². The number of rotatable bonds is 7. The summed E-state index contributed by atoms with van der Waals surface area (Å²) in [7, 11) is 0. The van der Waals surface area contributed by atoms with Crippen molar-refractivity contribution in [3.8, 4) is 0 Å². The molecule has 0 atom stereocenters. The second kappa shape index (κ2) is 7.92. The Bertz CT molecular complexity index is 1050. The van der Waals surface area contributed by atoms with Crippen molar-refractivity contribution in [1.82, 2.24) is 19.6 Å². The van der Waals surface area contributed by atoms with Gasteiger partial charge in [-0.1, -0.05) is 12.1 Å². The molecule has 1 amide bonds. The van der Waals surface area contributed by atoms with Crippen LogP contribution in [0.25, 0.3) is 0 Å². The molecule has 0 radical (unpaired) electrons. The number of aryl methyl sites for hydroxylation is 1. The molecule has 2 heterocycles. The Hall–Kier alpha value is -3.17. The molecule has 0 unspecified atom stereocenters. The van der Waals surface area contributed by atoms with Crippen LogP contribution >= 0.6 is 0 Å². The molecular weight excluding hydrogens is 402 g/mol. The molecule has 2 aromatic heterocycles. The van der Waals surface area contributed by atoms with Crippen LogP contribution in [0.2, 0.25) is 0 Å². The minimum absolute atomic E-state index is 0.0201. The molecule has 1 N–H and O–H groups in total. The topological polar surface area (TPSA) is 64.7 Å². The zero-order valence-electron chi connectivity index (χ0n) is 15.9. The molecular formula is C20H19F4N5O. The maximum atomic E-state index is 13.3. The normalized spacial score (nSPS) is 14.1. The summed E-state index contributed by atoms with van der Waals surface area (Å²) in [6, 6.07) is 7.19. The fourth-order valence-electron chi connectivity index (χ4n) is 3.22. The van der Waals surface area contributed by atoms with Crippen molar-refractivity contribution in [1.29, 1.82) is 0 Å². The van der Waals surface area contributed by atoms with Crippen molar-refractivity contribution >= 4 is 11.6 Å². The van der Waals surface area contributed by atoms with E-state index in [1.807, 2.05) is 0 Å². The van der Waals surface area contributed by atoms with Crippen LogP contribution in [0.15, 0.2) is 42.7 Å². The highest BCUT2D eigenvalue weighted by Crippen LogP contribution is 2.42. The summed E-state index contributed by atoms with van der Waals surface area (Å²) in [5.41, 5.74) is 0.777. The van der Waals surface area contributed by atoms with Gasteiger partial charge in [-0.15, -0.1) is 0 Å². The minimum atomic E-state index is -4.51. The third-order valence-electron chi connectivity index (χ3n) is 4.80. The second-order valence-corrected chi connectivity index (χ2v) is 7.30. The maximum Gasteiger partial charge on any atom is 0.435 e. The summed E-state index contributed by atoms with van der Waals surface area (Å²) in [6.45, 7) is 0.400. The van der Waals surface area contributed by atoms with E-state index in [0.29, 0.717) is 17.9 Å². The zero-order chi connectivity index (χ0) is 21.3. The Morgan fingerprint density at radius 2 is 2.03 bits per heavy atom. The van der Waals surface area contributed by atoms with Gasteiger partial charge in [0.25, 0.3) is 0 Å². The van der Waals surface area contributed by atoms with E-state index >= 15 is 0 Å². The fourth-order valence-corrected chi connectivity index (χ4v) is 3.22. The highest BCUT2D eigenvalue weighted by atomic mass is 19.4. The van der Waals surface area contributed by atoms with E-state index in [2.05, 4.69) is 15.5 Å². The lowest BCUT2D eigenvalue weighted by Crippen LogP contribution is -2.16. The summed E-state index contributed by atoms with van der Waals surface area (Å²) in [5, 5.41) is 10.4. The molecule has 1 saturated carbocycles. The lowest BCUT2D eigenvalue weighted by Gasteiger charge is -2.07. The molecule has 1 fully saturated rings. The molecule has 0 bridgehead atoms. The molecule has 3 aromatic rings. The first-order chi connectivity index (χ1) is 14.3. The number of nitrogens with one attached hydrogen (secondary N) is 1. The first-order valence-electron chi connectivity index (χ1n) is 9.49. The third kappa shape index (κ3) is 4.87. The summed E-state index contributed by atoms with van der Waals surface area (Å²) in [6.07, 6.45) is 0.205. The number of hydrogen-bond donors (Lipinski definition) is 1. The number of benzene rings is 1. The number of amides is 1. The number of aromatic nitrogens is 4. The van der Waals surface area contributed by atoms with Crippen LogP contribution in [0.1, 0.15) is 42.1 Å². The Morgan fingerprint density at radius 1 is 1.23 bits per heavy atom. The third-order valence-corrected chi connectivity index (χ3v) is 4.80. The quantitative estimate of drug-likeness (QED) is 0.582. The Labute approximate surface area is 169 Å². The SMILES string of the molecule is O=C(CCn1nc(C(F)(F)F)cc1C1CC1)Nc1cnn(Cc2cccc(F)c2)c1. The lowest BCUT2D eigenvalue weighted by molar-refractivity contribution is -0.141. The van der Waals surface area contributed by atoms with Crippen LogP contribution in [0, 0.1) is 5.82 Å². The predicted molar refractivity (Wildman–Crippen MR) is 100 cm³/mol. The largest absolute Gasteiger partial charge is 0.435 e. The van der Waals surface area contributed by atoms with E-state index in [1.54, 1.807) is 23.0 Å². The number of carbonyl (C=O) groups is 1.